The Labute approximate surface area is 140 Å². The maximum absolute atomic E-state index is 12.6. The zero-order chi connectivity index (χ0) is 16.9. The molecule has 1 saturated heterocycles. The van der Waals surface area contributed by atoms with Crippen molar-refractivity contribution in [3.63, 3.8) is 0 Å². The van der Waals surface area contributed by atoms with E-state index in [0.717, 1.165) is 12.8 Å². The standard InChI is InChI=1S/C19H21NO4/c1-2-11-23-13-14-7-9-20(10-8-14)19(22)18-12-16(21)15-5-3-4-6-17(15)24-18/h2-6,12,14H,1,7-11,13H2. The van der Waals surface area contributed by atoms with Crippen LogP contribution in [0.1, 0.15) is 23.4 Å². The van der Waals surface area contributed by atoms with Crippen molar-refractivity contribution >= 4 is 16.9 Å². The number of likely N-dealkylation sites (tertiary alicyclic amines) is 1. The molecule has 1 aromatic carbocycles. The van der Waals surface area contributed by atoms with E-state index in [0.29, 0.717) is 43.2 Å². The summed E-state index contributed by atoms with van der Waals surface area (Å²) in [6.07, 6.45) is 3.52. The number of para-hydroxylation sites is 1. The zero-order valence-corrected chi connectivity index (χ0v) is 13.6. The predicted octanol–water partition coefficient (Wildman–Crippen LogP) is 2.85. The van der Waals surface area contributed by atoms with Crippen molar-refractivity contribution in [2.75, 3.05) is 26.3 Å². The summed E-state index contributed by atoms with van der Waals surface area (Å²) in [4.78, 5) is 26.5. The van der Waals surface area contributed by atoms with Gasteiger partial charge in [0.1, 0.15) is 5.58 Å². The molecule has 0 radical (unpaired) electrons. The third-order valence-electron chi connectivity index (χ3n) is 4.34. The average Bonchev–Trinajstić information content (AvgIpc) is 2.62. The number of amides is 1. The molecule has 1 amide bonds. The largest absolute Gasteiger partial charge is 0.451 e. The summed E-state index contributed by atoms with van der Waals surface area (Å²) >= 11 is 0. The molecule has 5 nitrogen and oxygen atoms in total. The first-order valence-corrected chi connectivity index (χ1v) is 8.20. The molecule has 1 aliphatic rings. The molecule has 2 aromatic rings. The molecule has 2 heterocycles. The van der Waals surface area contributed by atoms with Gasteiger partial charge in [0, 0.05) is 25.8 Å². The maximum Gasteiger partial charge on any atom is 0.289 e. The second-order valence-corrected chi connectivity index (χ2v) is 6.03. The minimum Gasteiger partial charge on any atom is -0.451 e. The lowest BCUT2D eigenvalue weighted by molar-refractivity contribution is 0.0551. The van der Waals surface area contributed by atoms with Gasteiger partial charge in [0.05, 0.1) is 12.0 Å². The van der Waals surface area contributed by atoms with Gasteiger partial charge in [-0.15, -0.1) is 6.58 Å². The molecular formula is C19H21NO4. The lowest BCUT2D eigenvalue weighted by Gasteiger charge is -2.31. The minimum absolute atomic E-state index is 0.111. The molecule has 126 valence electrons. The van der Waals surface area contributed by atoms with Gasteiger partial charge in [0.2, 0.25) is 0 Å². The van der Waals surface area contributed by atoms with Gasteiger partial charge in [-0.25, -0.2) is 0 Å². The molecule has 0 N–H and O–H groups in total. The second kappa shape index (κ2) is 7.45. The molecule has 1 aliphatic heterocycles. The van der Waals surface area contributed by atoms with Crippen LogP contribution in [0.25, 0.3) is 11.0 Å². The number of nitrogens with zero attached hydrogens (tertiary/aromatic N) is 1. The second-order valence-electron chi connectivity index (χ2n) is 6.03. The van der Waals surface area contributed by atoms with E-state index < -0.39 is 0 Å². The van der Waals surface area contributed by atoms with Crippen molar-refractivity contribution in [1.82, 2.24) is 4.90 Å². The van der Waals surface area contributed by atoms with E-state index in [1.165, 1.54) is 6.07 Å². The van der Waals surface area contributed by atoms with E-state index in [2.05, 4.69) is 6.58 Å². The molecular weight excluding hydrogens is 306 g/mol. The van der Waals surface area contributed by atoms with E-state index >= 15 is 0 Å². The van der Waals surface area contributed by atoms with E-state index in [1.807, 2.05) is 0 Å². The first-order chi connectivity index (χ1) is 11.7. The van der Waals surface area contributed by atoms with Gasteiger partial charge >= 0.3 is 0 Å². The molecule has 0 saturated carbocycles. The van der Waals surface area contributed by atoms with E-state index in [4.69, 9.17) is 9.15 Å². The highest BCUT2D eigenvalue weighted by molar-refractivity contribution is 5.93. The fourth-order valence-electron chi connectivity index (χ4n) is 2.99. The van der Waals surface area contributed by atoms with Gasteiger partial charge in [0.15, 0.2) is 11.2 Å². The molecule has 1 aromatic heterocycles. The Balaban J connectivity index is 1.67. The fourth-order valence-corrected chi connectivity index (χ4v) is 2.99. The minimum atomic E-state index is -0.219. The first-order valence-electron chi connectivity index (χ1n) is 8.20. The van der Waals surface area contributed by atoms with Crippen molar-refractivity contribution in [2.45, 2.75) is 12.8 Å². The maximum atomic E-state index is 12.6. The van der Waals surface area contributed by atoms with Gasteiger partial charge in [-0.05, 0) is 30.9 Å². The summed E-state index contributed by atoms with van der Waals surface area (Å²) in [6.45, 7) is 6.18. The topological polar surface area (TPSA) is 59.8 Å². The SMILES string of the molecule is C=CCOCC1CCN(C(=O)c2cc(=O)c3ccccc3o2)CC1. The Morgan fingerprint density at radius 1 is 1.33 bits per heavy atom. The molecule has 24 heavy (non-hydrogen) atoms. The van der Waals surface area contributed by atoms with Gasteiger partial charge in [0.25, 0.3) is 5.91 Å². The molecule has 3 rings (SSSR count). The Morgan fingerprint density at radius 3 is 2.83 bits per heavy atom. The lowest BCUT2D eigenvalue weighted by Crippen LogP contribution is -2.39. The van der Waals surface area contributed by atoms with Crippen molar-refractivity contribution in [3.05, 3.63) is 59.0 Å². The summed E-state index contributed by atoms with van der Waals surface area (Å²) in [5.74, 6) is 0.348. The van der Waals surface area contributed by atoms with Crippen LogP contribution in [0.15, 0.2) is 52.2 Å². The van der Waals surface area contributed by atoms with Crippen LogP contribution in [0.3, 0.4) is 0 Å². The van der Waals surface area contributed by atoms with Crippen LogP contribution in [0.4, 0.5) is 0 Å². The van der Waals surface area contributed by atoms with Gasteiger partial charge in [-0.2, -0.15) is 0 Å². The fraction of sp³-hybridized carbons (Fsp3) is 0.368. The highest BCUT2D eigenvalue weighted by Gasteiger charge is 2.25. The third kappa shape index (κ3) is 3.57. The van der Waals surface area contributed by atoms with Crippen LogP contribution in [-0.4, -0.2) is 37.1 Å². The van der Waals surface area contributed by atoms with Crippen LogP contribution < -0.4 is 5.43 Å². The molecule has 0 bridgehead atoms. The molecule has 0 spiro atoms. The monoisotopic (exact) mass is 327 g/mol. The summed E-state index contributed by atoms with van der Waals surface area (Å²) in [5.41, 5.74) is 0.258. The van der Waals surface area contributed by atoms with Gasteiger partial charge in [-0.3, -0.25) is 9.59 Å². The van der Waals surface area contributed by atoms with Crippen LogP contribution in [-0.2, 0) is 4.74 Å². The highest BCUT2D eigenvalue weighted by atomic mass is 16.5. The molecule has 1 fully saturated rings. The molecule has 5 heteroatoms. The number of rotatable bonds is 5. The number of carbonyl (C=O) groups is 1. The number of piperidine rings is 1. The summed E-state index contributed by atoms with van der Waals surface area (Å²) in [6, 6.07) is 8.26. The Kier molecular flexibility index (Phi) is 5.11. The summed E-state index contributed by atoms with van der Waals surface area (Å²) < 4.78 is 11.1. The number of fused-ring (bicyclic) bond motifs is 1. The van der Waals surface area contributed by atoms with Crippen molar-refractivity contribution in [2.24, 2.45) is 5.92 Å². The van der Waals surface area contributed by atoms with Gasteiger partial charge < -0.3 is 14.1 Å². The zero-order valence-electron chi connectivity index (χ0n) is 13.6. The van der Waals surface area contributed by atoms with Gasteiger partial charge in [-0.1, -0.05) is 18.2 Å². The first kappa shape index (κ1) is 16.5. The van der Waals surface area contributed by atoms with Crippen molar-refractivity contribution in [1.29, 1.82) is 0 Å². The summed E-state index contributed by atoms with van der Waals surface area (Å²) in [5, 5.41) is 0.493. The van der Waals surface area contributed by atoms with Crippen molar-refractivity contribution in [3.8, 4) is 0 Å². The molecule has 0 aliphatic carbocycles. The Morgan fingerprint density at radius 2 is 2.08 bits per heavy atom. The highest BCUT2D eigenvalue weighted by Crippen LogP contribution is 2.20. The van der Waals surface area contributed by atoms with Crippen LogP contribution in [0.5, 0.6) is 0 Å². The van der Waals surface area contributed by atoms with Crippen LogP contribution >= 0.6 is 0 Å². The van der Waals surface area contributed by atoms with Crippen molar-refractivity contribution < 1.29 is 13.9 Å². The smallest absolute Gasteiger partial charge is 0.289 e. The Hall–Kier alpha value is -2.40. The van der Waals surface area contributed by atoms with Crippen LogP contribution in [0.2, 0.25) is 0 Å². The van der Waals surface area contributed by atoms with Crippen LogP contribution in [0, 0.1) is 5.92 Å². The summed E-state index contributed by atoms with van der Waals surface area (Å²) in [7, 11) is 0. The van der Waals surface area contributed by atoms with E-state index in [-0.39, 0.29) is 17.1 Å². The lowest BCUT2D eigenvalue weighted by atomic mass is 9.97. The van der Waals surface area contributed by atoms with E-state index in [9.17, 15) is 9.59 Å². The average molecular weight is 327 g/mol. The van der Waals surface area contributed by atoms with E-state index in [1.54, 1.807) is 35.2 Å². The third-order valence-corrected chi connectivity index (χ3v) is 4.34. The Bertz CT molecular complexity index is 787. The number of hydrogen-bond acceptors (Lipinski definition) is 4. The number of carbonyl (C=O) groups excluding carboxylic acids is 1. The molecule has 0 atom stereocenters. The molecule has 0 unspecified atom stereocenters. The predicted molar refractivity (Wildman–Crippen MR) is 92.1 cm³/mol. The normalized spacial score (nSPS) is 15.6. The number of hydrogen-bond donors (Lipinski definition) is 0. The quantitative estimate of drug-likeness (QED) is 0.626. The number of ether oxygens (including phenoxy) is 1. The number of benzene rings is 1.